The van der Waals surface area contributed by atoms with Gasteiger partial charge in [-0.05, 0) is 18.2 Å². The number of hydrogen-bond donors (Lipinski definition) is 1. The van der Waals surface area contributed by atoms with Gasteiger partial charge in [0.1, 0.15) is 5.82 Å². The molecule has 0 atom stereocenters. The van der Waals surface area contributed by atoms with E-state index in [1.807, 2.05) is 35.0 Å². The lowest BCUT2D eigenvalue weighted by molar-refractivity contribution is 0.247. The van der Waals surface area contributed by atoms with Gasteiger partial charge in [0, 0.05) is 57.4 Å². The smallest absolute Gasteiger partial charge is 0.233 e. The Kier molecular flexibility index (Phi) is 4.06. The van der Waals surface area contributed by atoms with E-state index in [0.717, 1.165) is 50.0 Å². The van der Waals surface area contributed by atoms with Crippen molar-refractivity contribution in [2.45, 2.75) is 6.54 Å². The number of aromatic nitrogens is 7. The second-order valence-corrected chi connectivity index (χ2v) is 7.48. The van der Waals surface area contributed by atoms with Gasteiger partial charge in [-0.3, -0.25) is 9.30 Å². The van der Waals surface area contributed by atoms with Crippen LogP contribution in [0.4, 0.5) is 11.8 Å². The van der Waals surface area contributed by atoms with Crippen LogP contribution < -0.4 is 10.6 Å². The van der Waals surface area contributed by atoms with Crippen molar-refractivity contribution >= 4 is 23.2 Å². The number of nitrogens with two attached hydrogens (primary N) is 1. The molecule has 0 amide bonds. The van der Waals surface area contributed by atoms with Gasteiger partial charge in [-0.25, -0.2) is 15.0 Å². The van der Waals surface area contributed by atoms with E-state index < -0.39 is 0 Å². The summed E-state index contributed by atoms with van der Waals surface area (Å²) in [7, 11) is 0. The third-order valence-electron chi connectivity index (χ3n) is 5.45. The molecular formula is C20H20N10O. The Bertz CT molecular complexity index is 1310. The van der Waals surface area contributed by atoms with E-state index >= 15 is 0 Å². The van der Waals surface area contributed by atoms with Crippen molar-refractivity contribution in [1.82, 2.24) is 38.9 Å². The van der Waals surface area contributed by atoms with Crippen LogP contribution in [-0.2, 0) is 6.54 Å². The quantitative estimate of drug-likeness (QED) is 0.463. The lowest BCUT2D eigenvalue weighted by Crippen LogP contribution is -2.46. The lowest BCUT2D eigenvalue weighted by Gasteiger charge is -2.35. The minimum atomic E-state index is 0.303. The van der Waals surface area contributed by atoms with Crippen LogP contribution in [0.3, 0.4) is 0 Å². The summed E-state index contributed by atoms with van der Waals surface area (Å²) in [6, 6.07) is 7.44. The molecule has 156 valence electrons. The van der Waals surface area contributed by atoms with Crippen molar-refractivity contribution in [1.29, 1.82) is 0 Å². The van der Waals surface area contributed by atoms with Gasteiger partial charge in [0.25, 0.3) is 0 Å². The highest BCUT2D eigenvalue weighted by molar-refractivity contribution is 5.59. The third-order valence-corrected chi connectivity index (χ3v) is 5.45. The van der Waals surface area contributed by atoms with Crippen LogP contribution >= 0.6 is 0 Å². The molecule has 6 rings (SSSR count). The lowest BCUT2D eigenvalue weighted by atomic mass is 10.3. The summed E-state index contributed by atoms with van der Waals surface area (Å²) in [6.07, 6.45) is 7.35. The zero-order valence-electron chi connectivity index (χ0n) is 16.7. The molecule has 11 nitrogen and oxygen atoms in total. The number of nitrogens with zero attached hydrogens (tertiary/aromatic N) is 9. The average Bonchev–Trinajstić information content (AvgIpc) is 3.53. The van der Waals surface area contributed by atoms with Crippen molar-refractivity contribution in [3.63, 3.8) is 0 Å². The van der Waals surface area contributed by atoms with Crippen LogP contribution in [-0.4, -0.2) is 65.0 Å². The molecule has 0 unspecified atom stereocenters. The molecule has 5 aromatic rings. The number of furan rings is 1. The van der Waals surface area contributed by atoms with Gasteiger partial charge in [-0.1, -0.05) is 0 Å². The first kappa shape index (κ1) is 17.8. The van der Waals surface area contributed by atoms with E-state index in [0.29, 0.717) is 23.2 Å². The second kappa shape index (κ2) is 7.06. The maximum Gasteiger partial charge on any atom is 0.233 e. The van der Waals surface area contributed by atoms with Gasteiger partial charge in [-0.15, -0.1) is 5.10 Å². The zero-order valence-corrected chi connectivity index (χ0v) is 16.7. The summed E-state index contributed by atoms with van der Waals surface area (Å²) in [6.45, 7) is 4.28. The predicted octanol–water partition coefficient (Wildman–Crippen LogP) is 1.33. The molecule has 0 spiro atoms. The van der Waals surface area contributed by atoms with Gasteiger partial charge in [0.2, 0.25) is 17.6 Å². The number of anilines is 2. The van der Waals surface area contributed by atoms with E-state index in [-0.39, 0.29) is 0 Å². The first-order chi connectivity index (χ1) is 15.2. The van der Waals surface area contributed by atoms with Crippen molar-refractivity contribution in [3.05, 3.63) is 54.8 Å². The fourth-order valence-corrected chi connectivity index (χ4v) is 3.89. The summed E-state index contributed by atoms with van der Waals surface area (Å²) >= 11 is 0. The van der Waals surface area contributed by atoms with E-state index in [1.165, 1.54) is 4.52 Å². The first-order valence-corrected chi connectivity index (χ1v) is 10.1. The van der Waals surface area contributed by atoms with Crippen molar-refractivity contribution in [2.24, 2.45) is 0 Å². The van der Waals surface area contributed by atoms with Gasteiger partial charge >= 0.3 is 0 Å². The molecule has 6 heterocycles. The highest BCUT2D eigenvalue weighted by atomic mass is 16.3. The maximum absolute atomic E-state index is 6.16. The fourth-order valence-electron chi connectivity index (χ4n) is 3.89. The molecule has 1 aliphatic heterocycles. The normalized spacial score (nSPS) is 15.3. The molecular weight excluding hydrogens is 396 g/mol. The Labute approximate surface area is 176 Å². The number of rotatable bonds is 4. The van der Waals surface area contributed by atoms with Gasteiger partial charge in [0.05, 0.1) is 12.0 Å². The molecule has 0 aromatic carbocycles. The largest absolute Gasteiger partial charge is 0.461 e. The number of imidazole rings is 1. The summed E-state index contributed by atoms with van der Waals surface area (Å²) in [5.41, 5.74) is 7.83. The minimum Gasteiger partial charge on any atom is -0.461 e. The van der Waals surface area contributed by atoms with Gasteiger partial charge in [0.15, 0.2) is 11.4 Å². The van der Waals surface area contributed by atoms with Crippen LogP contribution in [0.1, 0.15) is 5.69 Å². The Morgan fingerprint density at radius 1 is 1.06 bits per heavy atom. The van der Waals surface area contributed by atoms with E-state index in [2.05, 4.69) is 34.8 Å². The van der Waals surface area contributed by atoms with Crippen LogP contribution in [0, 0.1) is 0 Å². The maximum atomic E-state index is 6.16. The highest BCUT2D eigenvalue weighted by Crippen LogP contribution is 2.22. The summed E-state index contributed by atoms with van der Waals surface area (Å²) in [5, 5.41) is 4.40. The van der Waals surface area contributed by atoms with Crippen molar-refractivity contribution in [2.75, 3.05) is 36.8 Å². The van der Waals surface area contributed by atoms with Gasteiger partial charge in [-0.2, -0.15) is 9.50 Å². The predicted molar refractivity (Wildman–Crippen MR) is 113 cm³/mol. The summed E-state index contributed by atoms with van der Waals surface area (Å²) in [5.74, 6) is 2.92. The molecule has 31 heavy (non-hydrogen) atoms. The SMILES string of the molecule is Nc1nc(N2CCN(Cc3cn4cccnc4n3)CC2)cc2nc(-c3ccco3)nn12. The molecule has 2 N–H and O–H groups in total. The van der Waals surface area contributed by atoms with E-state index in [1.54, 1.807) is 18.5 Å². The number of nitrogen functional groups attached to an aromatic ring is 1. The van der Waals surface area contributed by atoms with Crippen LogP contribution in [0.2, 0.25) is 0 Å². The molecule has 1 aliphatic rings. The first-order valence-electron chi connectivity index (χ1n) is 10.1. The van der Waals surface area contributed by atoms with Crippen molar-refractivity contribution in [3.8, 4) is 11.6 Å². The number of piperazine rings is 1. The van der Waals surface area contributed by atoms with Crippen LogP contribution in [0.25, 0.3) is 23.0 Å². The van der Waals surface area contributed by atoms with Crippen LogP contribution in [0.15, 0.2) is 53.5 Å². The van der Waals surface area contributed by atoms with E-state index in [9.17, 15) is 0 Å². The topological polar surface area (TPSA) is 119 Å². The molecule has 0 saturated carbocycles. The molecule has 1 saturated heterocycles. The monoisotopic (exact) mass is 416 g/mol. The highest BCUT2D eigenvalue weighted by Gasteiger charge is 2.21. The zero-order chi connectivity index (χ0) is 20.8. The molecule has 11 heteroatoms. The van der Waals surface area contributed by atoms with Crippen LogP contribution in [0.5, 0.6) is 0 Å². The summed E-state index contributed by atoms with van der Waals surface area (Å²) < 4.78 is 8.87. The number of fused-ring (bicyclic) bond motifs is 2. The molecule has 5 aromatic heterocycles. The second-order valence-electron chi connectivity index (χ2n) is 7.48. The Morgan fingerprint density at radius 3 is 2.77 bits per heavy atom. The fraction of sp³-hybridized carbons (Fsp3) is 0.250. The Morgan fingerprint density at radius 2 is 1.97 bits per heavy atom. The number of hydrogen-bond acceptors (Lipinski definition) is 9. The Hall–Kier alpha value is -3.99. The van der Waals surface area contributed by atoms with Crippen molar-refractivity contribution < 1.29 is 4.42 Å². The Balaban J connectivity index is 1.17. The molecule has 1 fully saturated rings. The molecule has 0 radical (unpaired) electrons. The third kappa shape index (κ3) is 3.24. The van der Waals surface area contributed by atoms with Gasteiger partial charge < -0.3 is 15.1 Å². The molecule has 0 bridgehead atoms. The van der Waals surface area contributed by atoms with E-state index in [4.69, 9.17) is 10.2 Å². The average molecular weight is 416 g/mol. The summed E-state index contributed by atoms with van der Waals surface area (Å²) in [4.78, 5) is 22.6. The minimum absolute atomic E-state index is 0.303. The molecule has 0 aliphatic carbocycles. The standard InChI is InChI=1S/C20H20N10O/c21-19-25-16(11-17-24-18(26-30(17)19)15-3-1-10-31-15)28-8-6-27(7-9-28)12-14-13-29-5-2-4-22-20(29)23-14/h1-5,10-11,13H,6-9,12H2,(H2,21,25).